The number of aryl methyl sites for hydroxylation is 1. The molecule has 0 atom stereocenters. The fraction of sp³-hybridized carbons (Fsp3) is 0.158. The number of amides is 1. The van der Waals surface area contributed by atoms with E-state index < -0.39 is 0 Å². The summed E-state index contributed by atoms with van der Waals surface area (Å²) in [5, 5.41) is 6.76. The number of aromatic nitrogens is 1. The minimum absolute atomic E-state index is 0.0386. The molecule has 0 aliphatic carbocycles. The molecular formula is C19H18N2O3. The van der Waals surface area contributed by atoms with Crippen LogP contribution in [0.5, 0.6) is 5.75 Å². The highest BCUT2D eigenvalue weighted by atomic mass is 16.5. The fourth-order valence-corrected chi connectivity index (χ4v) is 2.23. The molecular weight excluding hydrogens is 304 g/mol. The van der Waals surface area contributed by atoms with Gasteiger partial charge in [0.15, 0.2) is 12.4 Å². The van der Waals surface area contributed by atoms with Gasteiger partial charge in [0.25, 0.3) is 5.91 Å². The third kappa shape index (κ3) is 4.23. The van der Waals surface area contributed by atoms with Crippen LogP contribution in [-0.2, 0) is 11.3 Å². The summed E-state index contributed by atoms with van der Waals surface area (Å²) < 4.78 is 10.7. The molecule has 0 aliphatic rings. The van der Waals surface area contributed by atoms with Crippen LogP contribution in [0.1, 0.15) is 11.3 Å². The van der Waals surface area contributed by atoms with Crippen molar-refractivity contribution in [1.29, 1.82) is 0 Å². The van der Waals surface area contributed by atoms with Gasteiger partial charge in [-0.2, -0.15) is 0 Å². The van der Waals surface area contributed by atoms with E-state index >= 15 is 0 Å². The van der Waals surface area contributed by atoms with Crippen LogP contribution >= 0.6 is 0 Å². The lowest BCUT2D eigenvalue weighted by molar-refractivity contribution is -0.123. The molecule has 5 nitrogen and oxygen atoms in total. The molecule has 0 unspecified atom stereocenters. The summed E-state index contributed by atoms with van der Waals surface area (Å²) >= 11 is 0. The van der Waals surface area contributed by atoms with Crippen molar-refractivity contribution in [3.05, 3.63) is 72.0 Å². The standard InChI is InChI=1S/C19H18N2O3/c1-14-6-5-9-16(10-14)23-13-19(22)20-12-17-11-18(21-24-17)15-7-3-2-4-8-15/h2-11H,12-13H2,1H3,(H,20,22). The van der Waals surface area contributed by atoms with Crippen LogP contribution in [0.3, 0.4) is 0 Å². The number of nitrogens with zero attached hydrogens (tertiary/aromatic N) is 1. The van der Waals surface area contributed by atoms with Crippen LogP contribution in [-0.4, -0.2) is 17.7 Å². The van der Waals surface area contributed by atoms with Gasteiger partial charge in [0.1, 0.15) is 11.4 Å². The van der Waals surface area contributed by atoms with E-state index in [9.17, 15) is 4.79 Å². The van der Waals surface area contributed by atoms with Gasteiger partial charge in [0.05, 0.1) is 6.54 Å². The summed E-state index contributed by atoms with van der Waals surface area (Å²) in [6, 6.07) is 19.1. The Morgan fingerprint density at radius 1 is 1.12 bits per heavy atom. The first-order chi connectivity index (χ1) is 11.7. The van der Waals surface area contributed by atoms with E-state index in [2.05, 4.69) is 10.5 Å². The maximum atomic E-state index is 11.9. The highest BCUT2D eigenvalue weighted by molar-refractivity contribution is 5.77. The zero-order chi connectivity index (χ0) is 16.8. The van der Waals surface area contributed by atoms with Crippen molar-refractivity contribution in [2.75, 3.05) is 6.61 Å². The van der Waals surface area contributed by atoms with Crippen LogP contribution in [0.2, 0.25) is 0 Å². The quantitative estimate of drug-likeness (QED) is 0.756. The van der Waals surface area contributed by atoms with Gasteiger partial charge in [-0.05, 0) is 24.6 Å². The third-order valence-electron chi connectivity index (χ3n) is 3.45. The monoisotopic (exact) mass is 322 g/mol. The van der Waals surface area contributed by atoms with Crippen molar-refractivity contribution in [3.8, 4) is 17.0 Å². The summed E-state index contributed by atoms with van der Waals surface area (Å²) in [6.07, 6.45) is 0. The molecule has 0 saturated carbocycles. The molecule has 0 aliphatic heterocycles. The van der Waals surface area contributed by atoms with Gasteiger partial charge < -0.3 is 14.6 Å². The lowest BCUT2D eigenvalue weighted by Crippen LogP contribution is -2.28. The first-order valence-electron chi connectivity index (χ1n) is 7.68. The molecule has 3 rings (SSSR count). The van der Waals surface area contributed by atoms with Crippen molar-refractivity contribution >= 4 is 5.91 Å². The number of benzene rings is 2. The Bertz CT molecular complexity index is 812. The molecule has 1 heterocycles. The number of hydrogen-bond acceptors (Lipinski definition) is 4. The molecule has 1 N–H and O–H groups in total. The zero-order valence-corrected chi connectivity index (χ0v) is 13.4. The Labute approximate surface area is 140 Å². The predicted molar refractivity (Wildman–Crippen MR) is 90.5 cm³/mol. The SMILES string of the molecule is Cc1cccc(OCC(=O)NCc2cc(-c3ccccc3)no2)c1. The Morgan fingerprint density at radius 3 is 2.75 bits per heavy atom. The predicted octanol–water partition coefficient (Wildman–Crippen LogP) is 3.35. The van der Waals surface area contributed by atoms with E-state index in [1.54, 1.807) is 0 Å². The molecule has 2 aromatic carbocycles. The first-order valence-corrected chi connectivity index (χ1v) is 7.68. The maximum absolute atomic E-state index is 11.9. The second kappa shape index (κ2) is 7.46. The Morgan fingerprint density at radius 2 is 1.96 bits per heavy atom. The van der Waals surface area contributed by atoms with Crippen LogP contribution in [0.15, 0.2) is 65.2 Å². The number of rotatable bonds is 6. The summed E-state index contributed by atoms with van der Waals surface area (Å²) in [6.45, 7) is 2.21. The van der Waals surface area contributed by atoms with Crippen molar-refractivity contribution in [2.45, 2.75) is 13.5 Å². The average Bonchev–Trinajstić information content (AvgIpc) is 3.08. The molecule has 3 aromatic rings. The lowest BCUT2D eigenvalue weighted by Gasteiger charge is -2.06. The van der Waals surface area contributed by atoms with Gasteiger partial charge in [0, 0.05) is 11.6 Å². The molecule has 1 amide bonds. The second-order valence-corrected chi connectivity index (χ2v) is 5.43. The van der Waals surface area contributed by atoms with E-state index in [0.29, 0.717) is 11.5 Å². The Hall–Kier alpha value is -3.08. The molecule has 0 bridgehead atoms. The molecule has 5 heteroatoms. The van der Waals surface area contributed by atoms with Gasteiger partial charge in [-0.15, -0.1) is 0 Å². The topological polar surface area (TPSA) is 64.4 Å². The van der Waals surface area contributed by atoms with Gasteiger partial charge >= 0.3 is 0 Å². The van der Waals surface area contributed by atoms with Crippen molar-refractivity contribution in [2.24, 2.45) is 0 Å². The Kier molecular flexibility index (Phi) is 4.91. The van der Waals surface area contributed by atoms with E-state index in [0.717, 1.165) is 16.8 Å². The fourth-order valence-electron chi connectivity index (χ4n) is 2.23. The van der Waals surface area contributed by atoms with Crippen LogP contribution in [0, 0.1) is 6.92 Å². The largest absolute Gasteiger partial charge is 0.484 e. The molecule has 0 spiro atoms. The minimum Gasteiger partial charge on any atom is -0.484 e. The number of carbonyl (C=O) groups excluding carboxylic acids is 1. The van der Waals surface area contributed by atoms with Gasteiger partial charge in [0.2, 0.25) is 0 Å². The minimum atomic E-state index is -0.214. The van der Waals surface area contributed by atoms with Gasteiger partial charge in [-0.3, -0.25) is 4.79 Å². The van der Waals surface area contributed by atoms with Gasteiger partial charge in [-0.1, -0.05) is 47.6 Å². The Balaban J connectivity index is 1.49. The van der Waals surface area contributed by atoms with Crippen LogP contribution in [0.4, 0.5) is 0 Å². The maximum Gasteiger partial charge on any atom is 0.258 e. The van der Waals surface area contributed by atoms with E-state index in [-0.39, 0.29) is 19.1 Å². The highest BCUT2D eigenvalue weighted by Crippen LogP contribution is 2.18. The second-order valence-electron chi connectivity index (χ2n) is 5.43. The summed E-state index contributed by atoms with van der Waals surface area (Å²) in [4.78, 5) is 11.9. The molecule has 0 radical (unpaired) electrons. The normalized spacial score (nSPS) is 10.4. The highest BCUT2D eigenvalue weighted by Gasteiger charge is 2.08. The zero-order valence-electron chi connectivity index (χ0n) is 13.4. The number of nitrogens with one attached hydrogen (secondary N) is 1. The number of ether oxygens (including phenoxy) is 1. The average molecular weight is 322 g/mol. The van der Waals surface area contributed by atoms with Crippen LogP contribution < -0.4 is 10.1 Å². The van der Waals surface area contributed by atoms with Crippen molar-refractivity contribution in [1.82, 2.24) is 10.5 Å². The first kappa shape index (κ1) is 15.8. The van der Waals surface area contributed by atoms with E-state index in [1.165, 1.54) is 0 Å². The summed E-state index contributed by atoms with van der Waals surface area (Å²) in [7, 11) is 0. The molecule has 122 valence electrons. The summed E-state index contributed by atoms with van der Waals surface area (Å²) in [5.41, 5.74) is 2.81. The molecule has 0 fully saturated rings. The van der Waals surface area contributed by atoms with E-state index in [4.69, 9.17) is 9.26 Å². The number of carbonyl (C=O) groups is 1. The van der Waals surface area contributed by atoms with Crippen molar-refractivity contribution in [3.63, 3.8) is 0 Å². The molecule has 24 heavy (non-hydrogen) atoms. The smallest absolute Gasteiger partial charge is 0.258 e. The van der Waals surface area contributed by atoms with Crippen molar-refractivity contribution < 1.29 is 14.1 Å². The van der Waals surface area contributed by atoms with Crippen LogP contribution in [0.25, 0.3) is 11.3 Å². The number of hydrogen-bond donors (Lipinski definition) is 1. The molecule has 1 aromatic heterocycles. The third-order valence-corrected chi connectivity index (χ3v) is 3.45. The van der Waals surface area contributed by atoms with E-state index in [1.807, 2.05) is 67.6 Å². The van der Waals surface area contributed by atoms with Gasteiger partial charge in [-0.25, -0.2) is 0 Å². The summed E-state index contributed by atoms with van der Waals surface area (Å²) in [5.74, 6) is 1.06. The lowest BCUT2D eigenvalue weighted by atomic mass is 10.1. The molecule has 0 saturated heterocycles.